The lowest BCUT2D eigenvalue weighted by Crippen LogP contribution is -2.25. The van der Waals surface area contributed by atoms with Crippen molar-refractivity contribution in [1.82, 2.24) is 10.3 Å². The van der Waals surface area contributed by atoms with Crippen molar-refractivity contribution < 1.29 is 14.3 Å². The summed E-state index contributed by atoms with van der Waals surface area (Å²) in [6.45, 7) is 2.91. The standard InChI is InChI=1S/C27H43N3O3/c1-2-3-4-5-6-7-8-9-10-11-12-13-14-19-29-26(32)25-21-33-27(30-25)24(28)20-22-15-17-23(31)18-16-22/h15-18,21,24,31H,2-14,19-20,28H2,1H3,(H,29,32). The van der Waals surface area contributed by atoms with Crippen molar-refractivity contribution in [1.29, 1.82) is 0 Å². The summed E-state index contributed by atoms with van der Waals surface area (Å²) in [5, 5.41) is 12.3. The Balaban J connectivity index is 1.50. The summed E-state index contributed by atoms with van der Waals surface area (Å²) in [6, 6.07) is 6.40. The molecular weight excluding hydrogens is 414 g/mol. The molecule has 184 valence electrons. The van der Waals surface area contributed by atoms with Crippen LogP contribution in [0.25, 0.3) is 0 Å². The van der Waals surface area contributed by atoms with Gasteiger partial charge in [0.25, 0.3) is 5.91 Å². The predicted octanol–water partition coefficient (Wildman–Crippen LogP) is 6.44. The zero-order valence-electron chi connectivity index (χ0n) is 20.4. The first-order valence-electron chi connectivity index (χ1n) is 12.9. The summed E-state index contributed by atoms with van der Waals surface area (Å²) in [7, 11) is 0. The lowest BCUT2D eigenvalue weighted by atomic mass is 10.0. The zero-order chi connectivity index (χ0) is 23.7. The maximum atomic E-state index is 12.3. The molecule has 1 amide bonds. The van der Waals surface area contributed by atoms with E-state index < -0.39 is 6.04 Å². The number of nitrogens with zero attached hydrogens (tertiary/aromatic N) is 1. The van der Waals surface area contributed by atoms with Gasteiger partial charge in [0, 0.05) is 6.54 Å². The van der Waals surface area contributed by atoms with Crippen molar-refractivity contribution in [3.8, 4) is 5.75 Å². The molecule has 2 rings (SSSR count). The van der Waals surface area contributed by atoms with Gasteiger partial charge in [-0.3, -0.25) is 4.79 Å². The molecule has 0 aliphatic carbocycles. The molecule has 0 bridgehead atoms. The van der Waals surface area contributed by atoms with Gasteiger partial charge in [-0.05, 0) is 30.5 Å². The number of aromatic nitrogens is 1. The molecule has 0 aliphatic heterocycles. The summed E-state index contributed by atoms with van der Waals surface area (Å²) >= 11 is 0. The van der Waals surface area contributed by atoms with Gasteiger partial charge < -0.3 is 20.6 Å². The molecule has 1 heterocycles. The highest BCUT2D eigenvalue weighted by atomic mass is 16.3. The van der Waals surface area contributed by atoms with Crippen molar-refractivity contribution in [3.63, 3.8) is 0 Å². The third-order valence-electron chi connectivity index (χ3n) is 6.03. The van der Waals surface area contributed by atoms with Crippen molar-refractivity contribution in [3.05, 3.63) is 47.7 Å². The molecule has 0 radical (unpaired) electrons. The van der Waals surface area contributed by atoms with Gasteiger partial charge >= 0.3 is 0 Å². The van der Waals surface area contributed by atoms with E-state index in [-0.39, 0.29) is 17.4 Å². The number of benzene rings is 1. The Morgan fingerprint density at radius 3 is 2.06 bits per heavy atom. The van der Waals surface area contributed by atoms with Gasteiger partial charge in [-0.2, -0.15) is 0 Å². The van der Waals surface area contributed by atoms with Crippen molar-refractivity contribution in [2.75, 3.05) is 6.54 Å². The summed E-state index contributed by atoms with van der Waals surface area (Å²) in [5.41, 5.74) is 7.39. The third kappa shape index (κ3) is 11.4. The molecule has 1 unspecified atom stereocenters. The molecule has 0 saturated carbocycles. The molecule has 4 N–H and O–H groups in total. The van der Waals surface area contributed by atoms with Gasteiger partial charge in [-0.15, -0.1) is 0 Å². The molecule has 33 heavy (non-hydrogen) atoms. The van der Waals surface area contributed by atoms with Crippen LogP contribution in [0.2, 0.25) is 0 Å². The van der Waals surface area contributed by atoms with Crippen LogP contribution in [0.1, 0.15) is 118 Å². The number of aromatic hydroxyl groups is 1. The summed E-state index contributed by atoms with van der Waals surface area (Å²) < 4.78 is 5.42. The van der Waals surface area contributed by atoms with Gasteiger partial charge in [0.1, 0.15) is 12.0 Å². The zero-order valence-corrected chi connectivity index (χ0v) is 20.4. The molecular formula is C27H43N3O3. The number of nitrogens with one attached hydrogen (secondary N) is 1. The molecule has 0 saturated heterocycles. The number of amides is 1. The summed E-state index contributed by atoms with van der Waals surface area (Å²) in [6.07, 6.45) is 18.9. The van der Waals surface area contributed by atoms with Gasteiger partial charge in [0.15, 0.2) is 5.69 Å². The van der Waals surface area contributed by atoms with Gasteiger partial charge in [-0.1, -0.05) is 96.1 Å². The Bertz CT molecular complexity index is 773. The Labute approximate surface area is 199 Å². The number of hydrogen-bond donors (Lipinski definition) is 3. The largest absolute Gasteiger partial charge is 0.508 e. The molecule has 6 nitrogen and oxygen atoms in total. The van der Waals surface area contributed by atoms with Crippen LogP contribution in [0.15, 0.2) is 34.9 Å². The normalized spacial score (nSPS) is 12.1. The Morgan fingerprint density at radius 2 is 1.48 bits per heavy atom. The number of carbonyl (C=O) groups is 1. The molecule has 2 aromatic rings. The quantitative estimate of drug-likeness (QED) is 0.223. The van der Waals surface area contributed by atoms with Gasteiger partial charge in [-0.25, -0.2) is 4.98 Å². The fourth-order valence-corrected chi connectivity index (χ4v) is 3.97. The maximum Gasteiger partial charge on any atom is 0.273 e. The van der Waals surface area contributed by atoms with Crippen molar-refractivity contribution >= 4 is 5.91 Å². The van der Waals surface area contributed by atoms with Crippen molar-refractivity contribution in [2.45, 2.75) is 103 Å². The first kappa shape index (κ1) is 26.9. The summed E-state index contributed by atoms with van der Waals surface area (Å²) in [5.74, 6) is 0.334. The summed E-state index contributed by atoms with van der Waals surface area (Å²) in [4.78, 5) is 16.5. The highest BCUT2D eigenvalue weighted by Gasteiger charge is 2.17. The predicted molar refractivity (Wildman–Crippen MR) is 133 cm³/mol. The van der Waals surface area contributed by atoms with E-state index in [0.29, 0.717) is 18.9 Å². The second kappa shape index (κ2) is 16.3. The number of carbonyl (C=O) groups excluding carboxylic acids is 1. The number of oxazole rings is 1. The minimum Gasteiger partial charge on any atom is -0.508 e. The van der Waals surface area contributed by atoms with E-state index in [9.17, 15) is 9.90 Å². The average molecular weight is 458 g/mol. The topological polar surface area (TPSA) is 101 Å². The van der Waals surface area contributed by atoms with Gasteiger partial charge in [0.05, 0.1) is 6.04 Å². The monoisotopic (exact) mass is 457 g/mol. The van der Waals surface area contributed by atoms with Crippen molar-refractivity contribution in [2.24, 2.45) is 5.73 Å². The number of unbranched alkanes of at least 4 members (excludes halogenated alkanes) is 12. The van der Waals surface area contributed by atoms with Crippen LogP contribution in [-0.4, -0.2) is 22.5 Å². The van der Waals surface area contributed by atoms with Crippen LogP contribution in [0.4, 0.5) is 0 Å². The first-order valence-corrected chi connectivity index (χ1v) is 12.9. The Kier molecular flexibility index (Phi) is 13.3. The minimum atomic E-state index is -0.447. The number of phenols is 1. The lowest BCUT2D eigenvalue weighted by molar-refractivity contribution is 0.0948. The SMILES string of the molecule is CCCCCCCCCCCCCCCNC(=O)c1coc(C(N)Cc2ccc(O)cc2)n1. The van der Waals surface area contributed by atoms with E-state index in [1.807, 2.05) is 0 Å². The Hall–Kier alpha value is -2.34. The van der Waals surface area contributed by atoms with E-state index in [1.165, 1.54) is 76.9 Å². The smallest absolute Gasteiger partial charge is 0.273 e. The number of rotatable bonds is 18. The molecule has 1 aromatic heterocycles. The maximum absolute atomic E-state index is 12.3. The molecule has 0 aliphatic rings. The molecule has 1 atom stereocenters. The highest BCUT2D eigenvalue weighted by molar-refractivity contribution is 5.91. The van der Waals surface area contributed by atoms with Crippen LogP contribution in [0.3, 0.4) is 0 Å². The molecule has 0 fully saturated rings. The minimum absolute atomic E-state index is 0.214. The van der Waals surface area contributed by atoms with E-state index in [4.69, 9.17) is 10.2 Å². The van der Waals surface area contributed by atoms with E-state index in [0.717, 1.165) is 18.4 Å². The van der Waals surface area contributed by atoms with Crippen LogP contribution in [0.5, 0.6) is 5.75 Å². The van der Waals surface area contributed by atoms with E-state index in [2.05, 4.69) is 17.2 Å². The fourth-order valence-electron chi connectivity index (χ4n) is 3.97. The van der Waals surface area contributed by atoms with Gasteiger partial charge in [0.2, 0.25) is 5.89 Å². The molecule has 6 heteroatoms. The van der Waals surface area contributed by atoms with E-state index in [1.54, 1.807) is 24.3 Å². The van der Waals surface area contributed by atoms with Crippen LogP contribution in [0, 0.1) is 0 Å². The molecule has 1 aromatic carbocycles. The third-order valence-corrected chi connectivity index (χ3v) is 6.03. The number of phenolic OH excluding ortho intramolecular Hbond substituents is 1. The lowest BCUT2D eigenvalue weighted by Gasteiger charge is -2.07. The van der Waals surface area contributed by atoms with Crippen LogP contribution < -0.4 is 11.1 Å². The molecule has 0 spiro atoms. The second-order valence-electron chi connectivity index (χ2n) is 9.05. The second-order valence-corrected chi connectivity index (χ2v) is 9.05. The van der Waals surface area contributed by atoms with Crippen LogP contribution >= 0.6 is 0 Å². The Morgan fingerprint density at radius 1 is 0.939 bits per heavy atom. The van der Waals surface area contributed by atoms with E-state index >= 15 is 0 Å². The average Bonchev–Trinajstić information content (AvgIpc) is 3.31. The van der Waals surface area contributed by atoms with Crippen LogP contribution in [-0.2, 0) is 6.42 Å². The number of hydrogen-bond acceptors (Lipinski definition) is 5. The first-order chi connectivity index (χ1) is 16.1. The highest BCUT2D eigenvalue weighted by Crippen LogP contribution is 2.18. The fraction of sp³-hybridized carbons (Fsp3) is 0.630. The number of nitrogens with two attached hydrogens (primary N) is 1.